The largest absolute Gasteiger partial charge is 0.481 e. The summed E-state index contributed by atoms with van der Waals surface area (Å²) in [4.78, 5) is 4.71. The van der Waals surface area contributed by atoms with E-state index in [1.807, 2.05) is 12.1 Å². The fourth-order valence-corrected chi connectivity index (χ4v) is 6.90. The van der Waals surface area contributed by atoms with Gasteiger partial charge < -0.3 is 23.8 Å². The lowest BCUT2D eigenvalue weighted by molar-refractivity contribution is 0.176. The summed E-state index contributed by atoms with van der Waals surface area (Å²) in [5.74, 6) is 2.57. The Kier molecular flexibility index (Phi) is 4.88. The third kappa shape index (κ3) is 3.19. The van der Waals surface area contributed by atoms with E-state index in [4.69, 9.17) is 9.47 Å². The third-order valence-corrected chi connectivity index (χ3v) is 8.71. The molecular weight excluding hydrogens is 518 g/mol. The van der Waals surface area contributed by atoms with E-state index in [-0.39, 0.29) is 12.1 Å². The van der Waals surface area contributed by atoms with E-state index in [0.717, 1.165) is 67.8 Å². The molecular formula is C37H27N3O2. The van der Waals surface area contributed by atoms with Gasteiger partial charge in [-0.05, 0) is 66.7 Å². The SMILES string of the molecule is Cn1c2c(c3c4c(ccc31)N(c1ccccc1)c1ccccc1O4)C1Oc3ccccc3N(c3ccccc3)C1C=C2. The van der Waals surface area contributed by atoms with Crippen molar-refractivity contribution in [2.45, 2.75) is 12.1 Å². The first-order valence-electron chi connectivity index (χ1n) is 14.3. The Morgan fingerprint density at radius 3 is 2.07 bits per heavy atom. The van der Waals surface area contributed by atoms with Crippen LogP contribution >= 0.6 is 0 Å². The highest BCUT2D eigenvalue weighted by molar-refractivity contribution is 6.02. The molecule has 0 radical (unpaired) electrons. The molecule has 6 aromatic rings. The topological polar surface area (TPSA) is 29.9 Å². The molecule has 0 saturated heterocycles. The Morgan fingerprint density at radius 1 is 0.619 bits per heavy atom. The van der Waals surface area contributed by atoms with Gasteiger partial charge in [0.2, 0.25) is 0 Å². The number of anilines is 5. The van der Waals surface area contributed by atoms with Crippen molar-refractivity contribution in [1.82, 2.24) is 4.57 Å². The zero-order chi connectivity index (χ0) is 27.8. The molecule has 0 bridgehead atoms. The second-order valence-corrected chi connectivity index (χ2v) is 11.0. The maximum atomic E-state index is 6.93. The Labute approximate surface area is 244 Å². The molecule has 202 valence electrons. The highest BCUT2D eigenvalue weighted by atomic mass is 16.5. The number of benzene rings is 5. The van der Waals surface area contributed by atoms with Crippen LogP contribution in [0.2, 0.25) is 0 Å². The van der Waals surface area contributed by atoms with Crippen LogP contribution in [0.25, 0.3) is 17.0 Å². The monoisotopic (exact) mass is 545 g/mol. The van der Waals surface area contributed by atoms with Crippen molar-refractivity contribution in [2.75, 3.05) is 9.80 Å². The van der Waals surface area contributed by atoms with Crippen molar-refractivity contribution < 1.29 is 9.47 Å². The number of rotatable bonds is 2. The van der Waals surface area contributed by atoms with Gasteiger partial charge in [-0.1, -0.05) is 66.7 Å². The predicted octanol–water partition coefficient (Wildman–Crippen LogP) is 9.42. The molecule has 3 aliphatic rings. The molecule has 0 spiro atoms. The van der Waals surface area contributed by atoms with Gasteiger partial charge in [-0.25, -0.2) is 0 Å². The van der Waals surface area contributed by atoms with Crippen molar-refractivity contribution in [2.24, 2.45) is 7.05 Å². The zero-order valence-corrected chi connectivity index (χ0v) is 23.0. The maximum absolute atomic E-state index is 6.93. The fraction of sp³-hybridized carbons (Fsp3) is 0.0811. The molecule has 5 heteroatoms. The number of hydrogen-bond acceptors (Lipinski definition) is 4. The number of aromatic nitrogens is 1. The first-order chi connectivity index (χ1) is 20.8. The lowest BCUT2D eigenvalue weighted by Gasteiger charge is -2.44. The lowest BCUT2D eigenvalue weighted by atomic mass is 9.89. The maximum Gasteiger partial charge on any atom is 0.161 e. The highest BCUT2D eigenvalue weighted by Crippen LogP contribution is 2.57. The van der Waals surface area contributed by atoms with Crippen molar-refractivity contribution in [3.63, 3.8) is 0 Å². The van der Waals surface area contributed by atoms with E-state index in [9.17, 15) is 0 Å². The summed E-state index contributed by atoms with van der Waals surface area (Å²) in [6.45, 7) is 0. The quantitative estimate of drug-likeness (QED) is 0.216. The Balaban J connectivity index is 1.30. The number of hydrogen-bond donors (Lipinski definition) is 0. The average Bonchev–Trinajstić information content (AvgIpc) is 3.35. The molecule has 42 heavy (non-hydrogen) atoms. The molecule has 0 amide bonds. The van der Waals surface area contributed by atoms with Crippen LogP contribution in [0, 0.1) is 0 Å². The van der Waals surface area contributed by atoms with Crippen LogP contribution in [-0.2, 0) is 7.05 Å². The van der Waals surface area contributed by atoms with Gasteiger partial charge >= 0.3 is 0 Å². The van der Waals surface area contributed by atoms with E-state index in [0.29, 0.717) is 0 Å². The third-order valence-electron chi connectivity index (χ3n) is 8.71. The van der Waals surface area contributed by atoms with Gasteiger partial charge in [-0.2, -0.15) is 0 Å². The van der Waals surface area contributed by atoms with Gasteiger partial charge in [0.1, 0.15) is 5.75 Å². The average molecular weight is 546 g/mol. The van der Waals surface area contributed by atoms with Gasteiger partial charge in [0.05, 0.1) is 34.0 Å². The minimum absolute atomic E-state index is 0.0302. The molecule has 1 aromatic heterocycles. The molecule has 5 aromatic carbocycles. The standard InChI is InChI=1S/C37H27N3O2/c1-38-28-20-22-30-36(41-32-18-10-8-16-26(32)39(30)24-12-4-2-5-13-24)34(28)35-29(38)21-23-31-37(35)42-33-19-11-9-17-27(33)40(31)25-14-6-3-7-15-25/h2-23,30,36H,1H3. The van der Waals surface area contributed by atoms with Gasteiger partial charge in [-0.15, -0.1) is 0 Å². The summed E-state index contributed by atoms with van der Waals surface area (Å²) in [6, 6.07) is 42.1. The molecule has 2 atom stereocenters. The number of para-hydroxylation sites is 6. The predicted molar refractivity (Wildman–Crippen MR) is 169 cm³/mol. The number of aryl methyl sites for hydroxylation is 1. The van der Waals surface area contributed by atoms with Crippen LogP contribution in [0.3, 0.4) is 0 Å². The molecule has 2 unspecified atom stereocenters. The van der Waals surface area contributed by atoms with Gasteiger partial charge in [0.25, 0.3) is 0 Å². The van der Waals surface area contributed by atoms with Crippen molar-refractivity contribution >= 4 is 45.4 Å². The number of fused-ring (bicyclic) bond motifs is 9. The normalized spacial score (nSPS) is 17.8. The molecule has 0 N–H and O–H groups in total. The minimum Gasteiger partial charge on any atom is -0.481 e. The molecule has 5 nitrogen and oxygen atoms in total. The summed E-state index contributed by atoms with van der Waals surface area (Å²) in [5, 5.41) is 1.09. The summed E-state index contributed by atoms with van der Waals surface area (Å²) < 4.78 is 16.0. The number of nitrogens with zero attached hydrogens (tertiary/aromatic N) is 3. The van der Waals surface area contributed by atoms with Crippen LogP contribution in [0.15, 0.2) is 127 Å². The number of ether oxygens (including phenoxy) is 2. The minimum atomic E-state index is -0.235. The molecule has 3 heterocycles. The summed E-state index contributed by atoms with van der Waals surface area (Å²) in [7, 11) is 2.13. The molecule has 1 aliphatic carbocycles. The molecule has 9 rings (SSSR count). The van der Waals surface area contributed by atoms with E-state index in [2.05, 4.69) is 143 Å². The van der Waals surface area contributed by atoms with Crippen molar-refractivity contribution in [3.8, 4) is 17.2 Å². The zero-order valence-electron chi connectivity index (χ0n) is 23.0. The van der Waals surface area contributed by atoms with Crippen molar-refractivity contribution in [1.29, 1.82) is 0 Å². The highest BCUT2D eigenvalue weighted by Gasteiger charge is 2.42. The fourth-order valence-electron chi connectivity index (χ4n) is 6.90. The van der Waals surface area contributed by atoms with Gasteiger partial charge in [0, 0.05) is 29.7 Å². The Morgan fingerprint density at radius 2 is 1.29 bits per heavy atom. The molecule has 0 saturated carbocycles. The smallest absolute Gasteiger partial charge is 0.161 e. The second-order valence-electron chi connectivity index (χ2n) is 11.0. The van der Waals surface area contributed by atoms with Gasteiger partial charge in [-0.3, -0.25) is 0 Å². The van der Waals surface area contributed by atoms with Crippen LogP contribution in [-0.4, -0.2) is 10.6 Å². The summed E-state index contributed by atoms with van der Waals surface area (Å²) >= 11 is 0. The van der Waals surface area contributed by atoms with Crippen LogP contribution in [0.4, 0.5) is 28.4 Å². The van der Waals surface area contributed by atoms with Crippen LogP contribution in [0.1, 0.15) is 17.4 Å². The van der Waals surface area contributed by atoms with E-state index in [1.54, 1.807) is 0 Å². The van der Waals surface area contributed by atoms with E-state index >= 15 is 0 Å². The summed E-state index contributed by atoms with van der Waals surface area (Å²) in [6.07, 6.45) is 4.30. The van der Waals surface area contributed by atoms with E-state index < -0.39 is 0 Å². The second kappa shape index (κ2) is 8.79. The lowest BCUT2D eigenvalue weighted by Crippen LogP contribution is -2.42. The first kappa shape index (κ1) is 23.3. The van der Waals surface area contributed by atoms with Crippen molar-refractivity contribution in [3.05, 3.63) is 139 Å². The first-order valence-corrected chi connectivity index (χ1v) is 14.3. The molecule has 2 aliphatic heterocycles. The Bertz CT molecular complexity index is 2030. The van der Waals surface area contributed by atoms with Crippen LogP contribution in [0.5, 0.6) is 17.2 Å². The van der Waals surface area contributed by atoms with Crippen LogP contribution < -0.4 is 19.3 Å². The van der Waals surface area contributed by atoms with E-state index in [1.165, 1.54) is 0 Å². The molecule has 0 fully saturated rings. The summed E-state index contributed by atoms with van der Waals surface area (Å²) in [5.41, 5.74) is 8.75. The Hall–Kier alpha value is -5.42. The van der Waals surface area contributed by atoms with Gasteiger partial charge in [0.15, 0.2) is 17.6 Å².